The fraction of sp³-hybridized carbons (Fsp3) is 0.0909. The van der Waals surface area contributed by atoms with Gasteiger partial charge in [0.05, 0.1) is 5.56 Å². The number of para-hydroxylation sites is 1. The van der Waals surface area contributed by atoms with Crippen molar-refractivity contribution < 1.29 is 14.4 Å². The van der Waals surface area contributed by atoms with E-state index in [1.54, 1.807) is 19.2 Å². The molecular formula is C22H20N2O3. The lowest BCUT2D eigenvalue weighted by Gasteiger charge is -2.12. The van der Waals surface area contributed by atoms with Gasteiger partial charge < -0.3 is 14.9 Å². The molecule has 0 bridgehead atoms. The van der Waals surface area contributed by atoms with E-state index < -0.39 is 0 Å². The number of likely N-dealkylation sites (N-methyl/N-ethyl adjacent to an activating group) is 1. The Morgan fingerprint density at radius 2 is 1.48 bits per heavy atom. The van der Waals surface area contributed by atoms with E-state index in [0.29, 0.717) is 17.1 Å². The van der Waals surface area contributed by atoms with Crippen molar-refractivity contribution in [3.8, 4) is 22.6 Å². The molecule has 0 saturated heterocycles. The van der Waals surface area contributed by atoms with Crippen molar-refractivity contribution in [2.24, 2.45) is 5.16 Å². The van der Waals surface area contributed by atoms with Crippen LogP contribution in [0.3, 0.4) is 0 Å². The zero-order chi connectivity index (χ0) is 19.1. The van der Waals surface area contributed by atoms with Gasteiger partial charge in [-0.15, -0.1) is 0 Å². The Labute approximate surface area is 158 Å². The number of benzene rings is 3. The minimum Gasteiger partial charge on any atom is -0.457 e. The van der Waals surface area contributed by atoms with E-state index in [2.05, 4.69) is 22.6 Å². The lowest BCUT2D eigenvalue weighted by molar-refractivity contribution is -0.114. The van der Waals surface area contributed by atoms with Crippen molar-refractivity contribution in [3.63, 3.8) is 0 Å². The molecule has 5 nitrogen and oxygen atoms in total. The van der Waals surface area contributed by atoms with Gasteiger partial charge in [0.15, 0.2) is 5.71 Å². The van der Waals surface area contributed by atoms with Crippen LogP contribution in [0.1, 0.15) is 5.56 Å². The molecule has 3 aromatic rings. The van der Waals surface area contributed by atoms with E-state index in [-0.39, 0.29) is 11.6 Å². The molecular weight excluding hydrogens is 340 g/mol. The number of carbonyl (C=O) groups excluding carboxylic acids is 1. The van der Waals surface area contributed by atoms with Crippen molar-refractivity contribution in [2.75, 3.05) is 14.2 Å². The molecule has 3 aromatic carbocycles. The second-order valence-corrected chi connectivity index (χ2v) is 5.69. The lowest BCUT2D eigenvalue weighted by atomic mass is 10.1. The van der Waals surface area contributed by atoms with Gasteiger partial charge in [-0.05, 0) is 35.4 Å². The van der Waals surface area contributed by atoms with Gasteiger partial charge in [0, 0.05) is 7.05 Å². The average molecular weight is 360 g/mol. The highest BCUT2D eigenvalue weighted by Gasteiger charge is 2.18. The average Bonchev–Trinajstić information content (AvgIpc) is 2.73. The molecule has 0 atom stereocenters. The van der Waals surface area contributed by atoms with Crippen molar-refractivity contribution >= 4 is 11.6 Å². The second-order valence-electron chi connectivity index (χ2n) is 5.69. The normalized spacial score (nSPS) is 11.0. The van der Waals surface area contributed by atoms with Crippen LogP contribution in [0, 0.1) is 0 Å². The quantitative estimate of drug-likeness (QED) is 0.528. The standard InChI is InChI=1S/C22H20N2O3/c1-23-22(25)21(24-26-2)19-10-6-7-11-20(19)27-18-14-12-17(13-15-18)16-8-4-3-5-9-16/h3-15H,1-2H3,(H,23,25)/b24-21-. The Hall–Kier alpha value is -3.60. The van der Waals surface area contributed by atoms with E-state index in [1.807, 2.05) is 54.6 Å². The topological polar surface area (TPSA) is 59.9 Å². The summed E-state index contributed by atoms with van der Waals surface area (Å²) in [7, 11) is 2.94. The molecule has 0 aliphatic heterocycles. The maximum Gasteiger partial charge on any atom is 0.273 e. The van der Waals surface area contributed by atoms with Crippen molar-refractivity contribution in [3.05, 3.63) is 84.4 Å². The van der Waals surface area contributed by atoms with Gasteiger partial charge in [-0.2, -0.15) is 0 Å². The molecule has 1 N–H and O–H groups in total. The van der Waals surface area contributed by atoms with Gasteiger partial charge in [-0.3, -0.25) is 4.79 Å². The molecule has 0 spiro atoms. The molecule has 0 radical (unpaired) electrons. The van der Waals surface area contributed by atoms with Gasteiger partial charge >= 0.3 is 0 Å². The first kappa shape index (κ1) is 18.2. The van der Waals surface area contributed by atoms with Crippen molar-refractivity contribution in [1.82, 2.24) is 5.32 Å². The molecule has 5 heteroatoms. The van der Waals surface area contributed by atoms with Crippen LogP contribution in [-0.4, -0.2) is 25.8 Å². The Balaban J connectivity index is 1.88. The second kappa shape index (κ2) is 8.67. The monoisotopic (exact) mass is 360 g/mol. The van der Waals surface area contributed by atoms with Gasteiger partial charge in [-0.25, -0.2) is 0 Å². The SMILES string of the molecule is CNC(=O)/C(=N\OC)c1ccccc1Oc1ccc(-c2ccccc2)cc1. The number of nitrogens with one attached hydrogen (secondary N) is 1. The predicted molar refractivity (Wildman–Crippen MR) is 106 cm³/mol. The molecule has 27 heavy (non-hydrogen) atoms. The summed E-state index contributed by atoms with van der Waals surface area (Å²) in [5, 5.41) is 6.41. The number of ether oxygens (including phenoxy) is 1. The van der Waals surface area contributed by atoms with E-state index in [0.717, 1.165) is 11.1 Å². The van der Waals surface area contributed by atoms with Crippen LogP contribution < -0.4 is 10.1 Å². The third-order valence-electron chi connectivity index (χ3n) is 3.96. The number of amides is 1. The van der Waals surface area contributed by atoms with Crippen LogP contribution in [0.15, 0.2) is 84.0 Å². The maximum absolute atomic E-state index is 12.1. The van der Waals surface area contributed by atoms with Crippen LogP contribution in [0.5, 0.6) is 11.5 Å². The highest BCUT2D eigenvalue weighted by atomic mass is 16.6. The van der Waals surface area contributed by atoms with Crippen LogP contribution in [0.25, 0.3) is 11.1 Å². The minimum atomic E-state index is -0.354. The predicted octanol–water partition coefficient (Wildman–Crippen LogP) is 4.24. The number of rotatable bonds is 6. The third kappa shape index (κ3) is 4.33. The Morgan fingerprint density at radius 1 is 0.852 bits per heavy atom. The first-order valence-electron chi connectivity index (χ1n) is 8.49. The minimum absolute atomic E-state index is 0.150. The largest absolute Gasteiger partial charge is 0.457 e. The van der Waals surface area contributed by atoms with Crippen molar-refractivity contribution in [2.45, 2.75) is 0 Å². The number of hydrogen-bond acceptors (Lipinski definition) is 4. The van der Waals surface area contributed by atoms with Crippen LogP contribution >= 0.6 is 0 Å². The highest BCUT2D eigenvalue weighted by Crippen LogP contribution is 2.28. The third-order valence-corrected chi connectivity index (χ3v) is 3.96. The molecule has 0 fully saturated rings. The summed E-state index contributed by atoms with van der Waals surface area (Å²) in [5.41, 5.74) is 2.93. The first-order chi connectivity index (χ1) is 13.2. The smallest absolute Gasteiger partial charge is 0.273 e. The van der Waals surface area contributed by atoms with Crippen LogP contribution in [0.2, 0.25) is 0 Å². The molecule has 136 valence electrons. The van der Waals surface area contributed by atoms with Gasteiger partial charge in [0.2, 0.25) is 0 Å². The molecule has 0 aliphatic carbocycles. The zero-order valence-electron chi connectivity index (χ0n) is 15.2. The molecule has 0 unspecified atom stereocenters. The Bertz CT molecular complexity index is 935. The van der Waals surface area contributed by atoms with E-state index in [1.165, 1.54) is 7.11 Å². The van der Waals surface area contributed by atoms with Gasteiger partial charge in [0.25, 0.3) is 5.91 Å². The lowest BCUT2D eigenvalue weighted by Crippen LogP contribution is -2.28. The molecule has 0 aliphatic rings. The summed E-state index contributed by atoms with van der Waals surface area (Å²) < 4.78 is 6.01. The highest BCUT2D eigenvalue weighted by molar-refractivity contribution is 6.45. The number of nitrogens with zero attached hydrogens (tertiary/aromatic N) is 1. The maximum atomic E-state index is 12.1. The zero-order valence-corrected chi connectivity index (χ0v) is 15.2. The van der Waals surface area contributed by atoms with Crippen LogP contribution in [0.4, 0.5) is 0 Å². The van der Waals surface area contributed by atoms with Gasteiger partial charge in [-0.1, -0.05) is 59.8 Å². The Morgan fingerprint density at radius 3 is 2.15 bits per heavy atom. The van der Waals surface area contributed by atoms with E-state index in [9.17, 15) is 4.79 Å². The molecule has 0 saturated carbocycles. The summed E-state index contributed by atoms with van der Waals surface area (Å²) in [6.45, 7) is 0. The van der Waals surface area contributed by atoms with E-state index in [4.69, 9.17) is 9.57 Å². The number of carbonyl (C=O) groups is 1. The summed E-state index contributed by atoms with van der Waals surface area (Å²) in [5.74, 6) is 0.826. The fourth-order valence-corrected chi connectivity index (χ4v) is 2.65. The molecule has 0 heterocycles. The first-order valence-corrected chi connectivity index (χ1v) is 8.49. The van der Waals surface area contributed by atoms with Gasteiger partial charge in [0.1, 0.15) is 18.6 Å². The number of oxime groups is 1. The summed E-state index contributed by atoms with van der Waals surface area (Å²) in [4.78, 5) is 17.0. The molecule has 1 amide bonds. The van der Waals surface area contributed by atoms with Crippen molar-refractivity contribution in [1.29, 1.82) is 0 Å². The molecule has 0 aromatic heterocycles. The summed E-state index contributed by atoms with van der Waals surface area (Å²) in [6.07, 6.45) is 0. The van der Waals surface area contributed by atoms with Crippen LogP contribution in [-0.2, 0) is 9.63 Å². The summed E-state index contributed by atoms with van der Waals surface area (Å²) >= 11 is 0. The molecule has 3 rings (SSSR count). The number of hydrogen-bond donors (Lipinski definition) is 1. The Kier molecular flexibility index (Phi) is 5.84. The summed E-state index contributed by atoms with van der Waals surface area (Å²) in [6, 6.07) is 25.1. The van der Waals surface area contributed by atoms with E-state index >= 15 is 0 Å². The fourth-order valence-electron chi connectivity index (χ4n) is 2.65.